The van der Waals surface area contributed by atoms with E-state index >= 15 is 0 Å². The zero-order valence-electron chi connectivity index (χ0n) is 4.73. The smallest absolute Gasteiger partial charge is 0.163 e. The van der Waals surface area contributed by atoms with Gasteiger partial charge >= 0.3 is 0 Å². The van der Waals surface area contributed by atoms with Gasteiger partial charge in [-0.3, -0.25) is 0 Å². The molecule has 0 rings (SSSR count). The molecule has 0 aromatic carbocycles. The minimum atomic E-state index is 0.769. The third-order valence-electron chi connectivity index (χ3n) is 1.05. The molecule has 0 aromatic rings. The summed E-state index contributed by atoms with van der Waals surface area (Å²) in [6.45, 7) is 6.64. The summed E-state index contributed by atoms with van der Waals surface area (Å²) in [6.07, 6.45) is 0.769. The van der Waals surface area contributed by atoms with Crippen molar-refractivity contribution in [3.8, 4) is 0 Å². The predicted octanol–water partition coefficient (Wildman–Crippen LogP) is 1.89. The fraction of sp³-hybridized carbons (Fsp3) is 1.00. The van der Waals surface area contributed by atoms with Crippen molar-refractivity contribution in [1.82, 2.24) is 0 Å². The summed E-state index contributed by atoms with van der Waals surface area (Å²) in [6, 6.07) is 0. The van der Waals surface area contributed by atoms with E-state index in [2.05, 4.69) is 29.8 Å². The molecule has 6 heavy (non-hydrogen) atoms. The van der Waals surface area contributed by atoms with Crippen LogP contribution in [0.15, 0.2) is 0 Å². The molecule has 0 spiro atoms. The molecule has 0 aromatic heterocycles. The van der Waals surface area contributed by atoms with Gasteiger partial charge in [-0.2, -0.15) is 9.12 Å². The summed E-state index contributed by atoms with van der Waals surface area (Å²) in [5.41, 5.74) is 0. The average molecular weight is 102 g/mol. The molecule has 2 heteroatoms. The van der Waals surface area contributed by atoms with Crippen LogP contribution in [-0.2, 0) is 0 Å². The lowest BCUT2D eigenvalue weighted by Crippen LogP contribution is -1.98. The van der Waals surface area contributed by atoms with Gasteiger partial charge in [0.25, 0.3) is 0 Å². The van der Waals surface area contributed by atoms with Crippen LogP contribution in [-0.4, -0.2) is 6.43 Å². The van der Waals surface area contributed by atoms with E-state index in [1.165, 1.54) is 0 Å². The van der Waals surface area contributed by atoms with Gasteiger partial charge < -0.3 is 0 Å². The monoisotopic (exact) mass is 102 g/mol. The third kappa shape index (κ3) is 2.72. The summed E-state index contributed by atoms with van der Waals surface area (Å²) >= 11 is 0. The van der Waals surface area contributed by atoms with Crippen LogP contribution in [0.4, 0.5) is 0 Å². The van der Waals surface area contributed by atoms with Gasteiger partial charge in [0.15, 0.2) is 6.43 Å². The van der Waals surface area contributed by atoms with Gasteiger partial charge in [-0.25, -0.2) is 0 Å². The SMILES string of the molecule is CB(P)C(C)C. The van der Waals surface area contributed by atoms with Crippen molar-refractivity contribution in [3.63, 3.8) is 0 Å². The van der Waals surface area contributed by atoms with Crippen LogP contribution in [0.1, 0.15) is 13.8 Å². The van der Waals surface area contributed by atoms with Gasteiger partial charge in [0.05, 0.1) is 0 Å². The average Bonchev–Trinajstić information content (AvgIpc) is 1.36. The topological polar surface area (TPSA) is 0 Å². The highest BCUT2D eigenvalue weighted by Gasteiger charge is 2.01. The van der Waals surface area contributed by atoms with Crippen LogP contribution in [0.25, 0.3) is 0 Å². The van der Waals surface area contributed by atoms with E-state index in [1.807, 2.05) is 0 Å². The van der Waals surface area contributed by atoms with Crippen molar-refractivity contribution >= 4 is 15.6 Å². The second-order valence-electron chi connectivity index (χ2n) is 2.10. The van der Waals surface area contributed by atoms with E-state index < -0.39 is 0 Å². The molecule has 0 aliphatic heterocycles. The van der Waals surface area contributed by atoms with Crippen molar-refractivity contribution in [2.24, 2.45) is 0 Å². The van der Waals surface area contributed by atoms with Gasteiger partial charge in [0.1, 0.15) is 0 Å². The highest BCUT2D eigenvalue weighted by Crippen LogP contribution is 2.11. The predicted molar refractivity (Wildman–Crippen MR) is 36.4 cm³/mol. The Labute approximate surface area is 42.9 Å². The van der Waals surface area contributed by atoms with E-state index in [-0.39, 0.29) is 0 Å². The first-order valence-electron chi connectivity index (χ1n) is 2.40. The zero-order valence-corrected chi connectivity index (χ0v) is 5.89. The van der Waals surface area contributed by atoms with Crippen molar-refractivity contribution in [2.45, 2.75) is 26.5 Å². The summed E-state index contributed by atoms with van der Waals surface area (Å²) in [7, 11) is 2.77. The van der Waals surface area contributed by atoms with Crippen molar-refractivity contribution in [2.75, 3.05) is 0 Å². The lowest BCUT2D eigenvalue weighted by Gasteiger charge is -2.00. The van der Waals surface area contributed by atoms with E-state index in [0.29, 0.717) is 0 Å². The van der Waals surface area contributed by atoms with Gasteiger partial charge in [-0.15, -0.1) is 0 Å². The fourth-order valence-electron chi connectivity index (χ4n) is 0. The van der Waals surface area contributed by atoms with Crippen LogP contribution in [0, 0.1) is 0 Å². The molecular weight excluding hydrogens is 89.8 g/mol. The van der Waals surface area contributed by atoms with Gasteiger partial charge in [-0.1, -0.05) is 26.5 Å². The standard InChI is InChI=1S/C4H12BP/c1-4(2)5(3)6/h4H,6H2,1-3H3. The van der Waals surface area contributed by atoms with E-state index in [0.717, 1.165) is 12.2 Å². The van der Waals surface area contributed by atoms with E-state index in [9.17, 15) is 0 Å². The summed E-state index contributed by atoms with van der Waals surface area (Å²) in [4.78, 5) is 0. The maximum atomic E-state index is 2.77. The highest BCUT2D eigenvalue weighted by molar-refractivity contribution is 7.62. The van der Waals surface area contributed by atoms with Crippen LogP contribution < -0.4 is 0 Å². The Hall–Kier alpha value is 0.495. The lowest BCUT2D eigenvalue weighted by molar-refractivity contribution is 1.06. The Morgan fingerprint density at radius 2 is 1.67 bits per heavy atom. The quantitative estimate of drug-likeness (QED) is 0.350. The van der Waals surface area contributed by atoms with Gasteiger partial charge in [-0.05, 0) is 0 Å². The molecule has 36 valence electrons. The first-order chi connectivity index (χ1) is 2.64. The largest absolute Gasteiger partial charge is 0.171 e. The van der Waals surface area contributed by atoms with Crippen molar-refractivity contribution in [3.05, 3.63) is 0 Å². The molecule has 0 saturated heterocycles. The zero-order chi connectivity index (χ0) is 5.15. The minimum absolute atomic E-state index is 0.769. The molecule has 0 heterocycles. The van der Waals surface area contributed by atoms with Crippen LogP contribution in [0.5, 0.6) is 0 Å². The highest BCUT2D eigenvalue weighted by atomic mass is 31.0. The molecule has 0 aliphatic rings. The molecule has 1 atom stereocenters. The molecule has 0 aliphatic carbocycles. The summed E-state index contributed by atoms with van der Waals surface area (Å²) < 4.78 is 0. The second kappa shape index (κ2) is 2.63. The third-order valence-corrected chi connectivity index (χ3v) is 1.82. The minimum Gasteiger partial charge on any atom is -0.171 e. The molecule has 0 amide bonds. The maximum Gasteiger partial charge on any atom is 0.163 e. The Kier molecular flexibility index (Phi) is 2.85. The van der Waals surface area contributed by atoms with Crippen molar-refractivity contribution in [1.29, 1.82) is 0 Å². The molecule has 0 nitrogen and oxygen atoms in total. The molecular formula is C4H12BP. The maximum absolute atomic E-state index is 2.77. The molecule has 0 N–H and O–H groups in total. The first kappa shape index (κ1) is 6.49. The van der Waals surface area contributed by atoms with Crippen LogP contribution in [0.3, 0.4) is 0 Å². The number of hydrogen-bond acceptors (Lipinski definition) is 0. The number of hydrogen-bond donors (Lipinski definition) is 0. The van der Waals surface area contributed by atoms with Gasteiger partial charge in [0, 0.05) is 0 Å². The van der Waals surface area contributed by atoms with Gasteiger partial charge in [0.2, 0.25) is 0 Å². The normalized spacial score (nSPS) is 9.50. The molecule has 0 radical (unpaired) electrons. The Morgan fingerprint density at radius 3 is 1.67 bits per heavy atom. The van der Waals surface area contributed by atoms with E-state index in [1.54, 1.807) is 0 Å². The Bertz CT molecular complexity index is 28.5. The molecule has 0 saturated carbocycles. The molecule has 1 unspecified atom stereocenters. The second-order valence-corrected chi connectivity index (χ2v) is 3.15. The van der Waals surface area contributed by atoms with E-state index in [4.69, 9.17) is 0 Å². The molecule has 0 bridgehead atoms. The fourth-order valence-corrected chi connectivity index (χ4v) is 0. The van der Waals surface area contributed by atoms with Crippen LogP contribution in [0.2, 0.25) is 12.6 Å². The first-order valence-corrected chi connectivity index (χ1v) is 3.07. The summed E-state index contributed by atoms with van der Waals surface area (Å²) in [5.74, 6) is 0.815. The van der Waals surface area contributed by atoms with Crippen molar-refractivity contribution < 1.29 is 0 Å². The van der Waals surface area contributed by atoms with Crippen LogP contribution >= 0.6 is 9.12 Å². The summed E-state index contributed by atoms with van der Waals surface area (Å²) in [5, 5.41) is 0. The Balaban J connectivity index is 2.99. The Morgan fingerprint density at radius 1 is 1.50 bits per heavy atom. The number of rotatable bonds is 1. The lowest BCUT2D eigenvalue weighted by atomic mass is 9.67. The molecule has 0 fully saturated rings.